The summed E-state index contributed by atoms with van der Waals surface area (Å²) in [6.45, 7) is 6.36. The number of carbonyl (C=O) groups excluding carboxylic acids is 1. The molecule has 43 heavy (non-hydrogen) atoms. The minimum Gasteiger partial charge on any atom is -0.479 e. The van der Waals surface area contributed by atoms with Gasteiger partial charge in [-0.1, -0.05) is 109 Å². The predicted octanol–water partition coefficient (Wildman–Crippen LogP) is 6.08. The highest BCUT2D eigenvalue weighted by Gasteiger charge is 2.57. The van der Waals surface area contributed by atoms with Crippen molar-refractivity contribution in [2.24, 2.45) is 0 Å². The van der Waals surface area contributed by atoms with E-state index in [0.29, 0.717) is 29.7 Å². The number of aliphatic hydroxyl groups excluding tert-OH is 4. The molecule has 0 radical (unpaired) electrons. The van der Waals surface area contributed by atoms with Crippen LogP contribution in [0.4, 0.5) is 4.79 Å². The fraction of sp³-hybridized carbons (Fsp3) is 0.938. The molecular formula is C32H62NO8S2+. The molecule has 0 spiro atoms. The number of unbranched alkanes of at least 4 members (excludes halogenated alkanes) is 15. The average Bonchev–Trinajstić information content (AvgIpc) is 2.99. The van der Waals surface area contributed by atoms with Gasteiger partial charge in [0, 0.05) is 0 Å². The molecule has 11 heteroatoms. The van der Waals surface area contributed by atoms with E-state index in [1.54, 1.807) is 6.92 Å². The lowest BCUT2D eigenvalue weighted by Crippen LogP contribution is -2.72. The molecule has 0 aromatic heterocycles. The lowest BCUT2D eigenvalue weighted by atomic mass is 9.96. The van der Waals surface area contributed by atoms with E-state index in [2.05, 4.69) is 6.92 Å². The number of thioether (sulfide) groups is 1. The van der Waals surface area contributed by atoms with Crippen LogP contribution in [0.25, 0.3) is 0 Å². The summed E-state index contributed by atoms with van der Waals surface area (Å²) < 4.78 is 16.8. The van der Waals surface area contributed by atoms with Crippen LogP contribution in [-0.2, 0) is 14.2 Å². The Morgan fingerprint density at radius 2 is 1.21 bits per heavy atom. The summed E-state index contributed by atoms with van der Waals surface area (Å²) in [6.07, 6.45) is 12.2. The maximum atomic E-state index is 13.6. The molecule has 1 saturated heterocycles. The van der Waals surface area contributed by atoms with Crippen molar-refractivity contribution in [1.82, 2.24) is 0 Å². The molecule has 6 atom stereocenters. The van der Waals surface area contributed by atoms with Crippen LogP contribution in [0.5, 0.6) is 0 Å². The van der Waals surface area contributed by atoms with Gasteiger partial charge in [-0.15, -0.1) is 0 Å². The Labute approximate surface area is 270 Å². The molecule has 2 unspecified atom stereocenters. The number of thiocarbonyl (C=S) groups is 1. The molecular weight excluding hydrogens is 590 g/mol. The van der Waals surface area contributed by atoms with Gasteiger partial charge >= 0.3 is 6.09 Å². The summed E-state index contributed by atoms with van der Waals surface area (Å²) in [5, 5.41) is 41.7. The minimum absolute atomic E-state index is 0.139. The van der Waals surface area contributed by atoms with Gasteiger partial charge < -0.3 is 34.6 Å². The van der Waals surface area contributed by atoms with Crippen molar-refractivity contribution in [1.29, 1.82) is 0 Å². The molecule has 0 saturated carbocycles. The first-order valence-electron chi connectivity index (χ1n) is 16.9. The van der Waals surface area contributed by atoms with Crippen molar-refractivity contribution in [2.45, 2.75) is 154 Å². The Hall–Kier alpha value is -0.530. The Morgan fingerprint density at radius 3 is 1.67 bits per heavy atom. The number of rotatable bonds is 24. The predicted molar refractivity (Wildman–Crippen MR) is 177 cm³/mol. The van der Waals surface area contributed by atoms with E-state index in [1.165, 1.54) is 88.8 Å². The van der Waals surface area contributed by atoms with E-state index in [-0.39, 0.29) is 13.2 Å². The first kappa shape index (κ1) is 40.5. The van der Waals surface area contributed by atoms with E-state index in [1.807, 2.05) is 6.92 Å². The highest BCUT2D eigenvalue weighted by atomic mass is 32.2. The van der Waals surface area contributed by atoms with E-state index in [4.69, 9.17) is 26.4 Å². The Kier molecular flexibility index (Phi) is 23.2. The van der Waals surface area contributed by atoms with Crippen molar-refractivity contribution in [3.63, 3.8) is 0 Å². The van der Waals surface area contributed by atoms with Crippen molar-refractivity contribution in [2.75, 3.05) is 38.7 Å². The molecule has 0 aliphatic carbocycles. The Bertz CT molecular complexity index is 731. The molecule has 0 aromatic carbocycles. The fourth-order valence-electron chi connectivity index (χ4n) is 5.79. The van der Waals surface area contributed by atoms with Crippen LogP contribution in [0.15, 0.2) is 0 Å². The number of aliphatic hydroxyl groups is 4. The van der Waals surface area contributed by atoms with Crippen molar-refractivity contribution >= 4 is 34.5 Å². The van der Waals surface area contributed by atoms with Gasteiger partial charge in [0.25, 0.3) is 0 Å². The molecule has 1 aliphatic heterocycles. The zero-order chi connectivity index (χ0) is 31.9. The van der Waals surface area contributed by atoms with Crippen molar-refractivity contribution < 1.29 is 43.9 Å². The molecule has 0 bridgehead atoms. The van der Waals surface area contributed by atoms with Gasteiger partial charge in [-0.3, -0.25) is 0 Å². The Morgan fingerprint density at radius 1 is 0.721 bits per heavy atom. The standard InChI is InChI=1S/C32H62NO8S2/c1-4-7-8-9-10-11-12-13-14-15-16-17-18-19-20-21-22-33(31(38)39-5-2,23-24-43-32(42)40-6-3)30-29(37)28(36)27(35)26(25-34)41-30/h26-30,34-37H,4-25H2,1-3H3/q+1/t26-,27-,28+,29-,30?,33?/m1/s1. The second kappa shape index (κ2) is 24.7. The summed E-state index contributed by atoms with van der Waals surface area (Å²) in [4.78, 5) is 13.6. The molecule has 1 fully saturated rings. The van der Waals surface area contributed by atoms with Gasteiger partial charge in [0.05, 0.1) is 32.1 Å². The molecule has 254 valence electrons. The van der Waals surface area contributed by atoms with Crippen molar-refractivity contribution in [3.8, 4) is 0 Å². The lowest BCUT2D eigenvalue weighted by Gasteiger charge is -2.48. The van der Waals surface area contributed by atoms with Gasteiger partial charge in [0.15, 0.2) is 6.10 Å². The van der Waals surface area contributed by atoms with Crippen LogP contribution in [0.2, 0.25) is 0 Å². The van der Waals surface area contributed by atoms with Gasteiger partial charge in [0.1, 0.15) is 24.9 Å². The minimum atomic E-state index is -1.58. The SMILES string of the molecule is CCCCCCCCCCCCCCCCCC[N+](CCSC(=S)OCC)(C(=O)OCC)C1O[C@H](CO)[C@@H](O)[C@H](O)[C@H]1O. The van der Waals surface area contributed by atoms with E-state index >= 15 is 0 Å². The quantitative estimate of drug-likeness (QED) is 0.0554. The van der Waals surface area contributed by atoms with E-state index in [9.17, 15) is 25.2 Å². The maximum absolute atomic E-state index is 13.6. The van der Waals surface area contributed by atoms with Crippen LogP contribution in [0.3, 0.4) is 0 Å². The topological polar surface area (TPSA) is 126 Å². The third-order valence-electron chi connectivity index (χ3n) is 8.37. The average molecular weight is 653 g/mol. The summed E-state index contributed by atoms with van der Waals surface area (Å²) in [5.41, 5.74) is 0. The van der Waals surface area contributed by atoms with Gasteiger partial charge in [-0.2, -0.15) is 9.28 Å². The molecule has 1 amide bonds. The molecule has 1 rings (SSSR count). The number of hydrogen-bond donors (Lipinski definition) is 4. The van der Waals surface area contributed by atoms with Crippen LogP contribution in [0, 0.1) is 0 Å². The number of quaternary nitrogens is 1. The molecule has 1 heterocycles. The fourth-order valence-corrected chi connectivity index (χ4v) is 6.94. The van der Waals surface area contributed by atoms with Gasteiger partial charge in [-0.05, 0) is 38.9 Å². The van der Waals surface area contributed by atoms with Gasteiger partial charge in [-0.25, -0.2) is 0 Å². The normalized spacial score (nSPS) is 23.6. The number of ether oxygens (including phenoxy) is 3. The third-order valence-corrected chi connectivity index (χ3v) is 9.58. The number of hydrogen-bond acceptors (Lipinski definition) is 10. The lowest BCUT2D eigenvalue weighted by molar-refractivity contribution is -0.912. The van der Waals surface area contributed by atoms with E-state index in [0.717, 1.165) is 19.3 Å². The largest absolute Gasteiger partial charge is 0.518 e. The molecule has 0 aromatic rings. The van der Waals surface area contributed by atoms with Crippen LogP contribution in [-0.4, -0.2) is 105 Å². The zero-order valence-corrected chi connectivity index (χ0v) is 28.8. The highest BCUT2D eigenvalue weighted by Crippen LogP contribution is 2.32. The number of carbonyl (C=O) groups is 1. The third kappa shape index (κ3) is 15.1. The second-order valence-corrected chi connectivity index (χ2v) is 13.4. The molecule has 1 aliphatic rings. The van der Waals surface area contributed by atoms with Crippen LogP contribution in [0.1, 0.15) is 124 Å². The van der Waals surface area contributed by atoms with Crippen LogP contribution < -0.4 is 0 Å². The highest BCUT2D eigenvalue weighted by molar-refractivity contribution is 8.22. The first-order chi connectivity index (χ1) is 20.8. The number of amides is 1. The maximum Gasteiger partial charge on any atom is 0.518 e. The monoisotopic (exact) mass is 652 g/mol. The summed E-state index contributed by atoms with van der Waals surface area (Å²) in [6, 6.07) is 0. The summed E-state index contributed by atoms with van der Waals surface area (Å²) in [5.74, 6) is 0.394. The number of nitrogens with zero attached hydrogens (tertiary/aromatic N) is 1. The molecule has 9 nitrogen and oxygen atoms in total. The first-order valence-corrected chi connectivity index (χ1v) is 18.3. The summed E-state index contributed by atoms with van der Waals surface area (Å²) in [7, 11) is 0. The smallest absolute Gasteiger partial charge is 0.479 e. The molecule has 4 N–H and O–H groups in total. The van der Waals surface area contributed by atoms with Crippen molar-refractivity contribution in [3.05, 3.63) is 0 Å². The van der Waals surface area contributed by atoms with Gasteiger partial charge in [0.2, 0.25) is 10.6 Å². The zero-order valence-electron chi connectivity index (χ0n) is 27.1. The Balaban J connectivity index is 2.65. The van der Waals surface area contributed by atoms with E-state index < -0.39 is 47.8 Å². The second-order valence-electron chi connectivity index (χ2n) is 11.7. The summed E-state index contributed by atoms with van der Waals surface area (Å²) >= 11 is 6.54. The van der Waals surface area contributed by atoms with Crippen LogP contribution >= 0.6 is 24.0 Å².